The summed E-state index contributed by atoms with van der Waals surface area (Å²) >= 11 is 0. The number of hydrogen-bond acceptors (Lipinski definition) is 4. The lowest BCUT2D eigenvalue weighted by atomic mass is 9.92. The summed E-state index contributed by atoms with van der Waals surface area (Å²) in [5.74, 6) is -0.430. The number of rotatable bonds is 3. The Bertz CT molecular complexity index is 326. The van der Waals surface area contributed by atoms with E-state index in [9.17, 15) is 9.59 Å². The van der Waals surface area contributed by atoms with E-state index in [4.69, 9.17) is 0 Å². The van der Waals surface area contributed by atoms with E-state index in [0.29, 0.717) is 6.54 Å². The molecule has 1 aliphatic rings. The van der Waals surface area contributed by atoms with Gasteiger partial charge in [-0.15, -0.1) is 0 Å². The van der Waals surface area contributed by atoms with Crippen LogP contribution in [0.3, 0.4) is 0 Å². The van der Waals surface area contributed by atoms with Gasteiger partial charge in [-0.1, -0.05) is 13.8 Å². The minimum absolute atomic E-state index is 0.00476. The van der Waals surface area contributed by atoms with E-state index in [1.807, 2.05) is 13.8 Å². The average Bonchev–Trinajstić information content (AvgIpc) is 2.39. The van der Waals surface area contributed by atoms with Crippen LogP contribution >= 0.6 is 0 Å². The van der Waals surface area contributed by atoms with Gasteiger partial charge in [-0.3, -0.25) is 14.5 Å². The van der Waals surface area contributed by atoms with Gasteiger partial charge in [-0.05, 0) is 19.3 Å². The molecule has 0 aromatic carbocycles. The van der Waals surface area contributed by atoms with Crippen LogP contribution in [0, 0.1) is 5.41 Å². The summed E-state index contributed by atoms with van der Waals surface area (Å²) in [5.41, 5.74) is 0.00476. The molecule has 5 heteroatoms. The second kappa shape index (κ2) is 5.69. The van der Waals surface area contributed by atoms with Crippen LogP contribution in [0.2, 0.25) is 0 Å². The Morgan fingerprint density at radius 1 is 1.56 bits per heavy atom. The Morgan fingerprint density at radius 2 is 2.17 bits per heavy atom. The number of hydrogen-bond donors (Lipinski definition) is 1. The molecule has 5 nitrogen and oxygen atoms in total. The highest BCUT2D eigenvalue weighted by Crippen LogP contribution is 2.24. The number of carbonyl (C=O) groups excluding carboxylic acids is 2. The first-order chi connectivity index (χ1) is 8.26. The molecule has 0 aromatic heterocycles. The summed E-state index contributed by atoms with van der Waals surface area (Å²) in [5, 5.41) is 2.91. The van der Waals surface area contributed by atoms with Crippen LogP contribution in [0.15, 0.2) is 0 Å². The standard InChI is InChI=1S/C13H24N2O3/c1-9(2)15-8-13(3,4)7-14-12(17)10(15)6-11(16)18-5/h9-10H,6-8H2,1-5H3,(H,14,17). The minimum atomic E-state index is -0.431. The number of esters is 1. The van der Waals surface area contributed by atoms with Crippen molar-refractivity contribution in [3.8, 4) is 0 Å². The Hall–Kier alpha value is -1.10. The molecule has 0 aliphatic carbocycles. The first-order valence-electron chi connectivity index (χ1n) is 6.37. The van der Waals surface area contributed by atoms with Crippen molar-refractivity contribution < 1.29 is 14.3 Å². The SMILES string of the molecule is COC(=O)CC1C(=O)NCC(C)(C)CN1C(C)C. The van der Waals surface area contributed by atoms with Crippen LogP contribution in [-0.4, -0.2) is 49.1 Å². The van der Waals surface area contributed by atoms with Gasteiger partial charge in [0.2, 0.25) is 5.91 Å². The monoisotopic (exact) mass is 256 g/mol. The molecule has 0 spiro atoms. The molecule has 1 aliphatic heterocycles. The van der Waals surface area contributed by atoms with Crippen molar-refractivity contribution in [2.75, 3.05) is 20.2 Å². The summed E-state index contributed by atoms with van der Waals surface area (Å²) in [6.07, 6.45) is 0.108. The van der Waals surface area contributed by atoms with E-state index in [1.54, 1.807) is 0 Å². The van der Waals surface area contributed by atoms with Gasteiger partial charge in [-0.2, -0.15) is 0 Å². The first-order valence-corrected chi connectivity index (χ1v) is 6.37. The minimum Gasteiger partial charge on any atom is -0.469 e. The van der Waals surface area contributed by atoms with Crippen LogP contribution < -0.4 is 5.32 Å². The second-order valence-electron chi connectivity index (χ2n) is 5.94. The molecular formula is C13H24N2O3. The maximum absolute atomic E-state index is 12.1. The molecular weight excluding hydrogens is 232 g/mol. The molecule has 1 heterocycles. The van der Waals surface area contributed by atoms with E-state index in [0.717, 1.165) is 6.54 Å². The van der Waals surface area contributed by atoms with Gasteiger partial charge in [0.05, 0.1) is 19.6 Å². The topological polar surface area (TPSA) is 58.6 Å². The number of ether oxygens (including phenoxy) is 1. The number of nitrogens with one attached hydrogen (secondary N) is 1. The van der Waals surface area contributed by atoms with Crippen LogP contribution in [0.4, 0.5) is 0 Å². The molecule has 0 saturated carbocycles. The van der Waals surface area contributed by atoms with Gasteiger partial charge in [0.15, 0.2) is 0 Å². The van der Waals surface area contributed by atoms with Crippen LogP contribution in [-0.2, 0) is 14.3 Å². The molecule has 1 amide bonds. The lowest BCUT2D eigenvalue weighted by Crippen LogP contribution is -2.49. The summed E-state index contributed by atoms with van der Waals surface area (Å²) in [6.45, 7) is 9.72. The zero-order valence-electron chi connectivity index (χ0n) is 11.9. The Balaban J connectivity index is 2.93. The van der Waals surface area contributed by atoms with Crippen molar-refractivity contribution in [2.45, 2.75) is 46.2 Å². The zero-order chi connectivity index (χ0) is 13.9. The molecule has 1 fully saturated rings. The summed E-state index contributed by atoms with van der Waals surface area (Å²) in [4.78, 5) is 25.6. The molecule has 0 radical (unpaired) electrons. The third-order valence-corrected chi connectivity index (χ3v) is 3.31. The first kappa shape index (κ1) is 15.0. The maximum atomic E-state index is 12.1. The van der Waals surface area contributed by atoms with E-state index >= 15 is 0 Å². The summed E-state index contributed by atoms with van der Waals surface area (Å²) in [7, 11) is 1.35. The van der Waals surface area contributed by atoms with Crippen molar-refractivity contribution in [2.24, 2.45) is 5.41 Å². The van der Waals surface area contributed by atoms with Crippen LogP contribution in [0.1, 0.15) is 34.1 Å². The fourth-order valence-electron chi connectivity index (χ4n) is 2.25. The predicted octanol–water partition coefficient (Wildman–Crippen LogP) is 0.785. The second-order valence-corrected chi connectivity index (χ2v) is 5.94. The van der Waals surface area contributed by atoms with Gasteiger partial charge in [0, 0.05) is 19.1 Å². The predicted molar refractivity (Wildman–Crippen MR) is 69.1 cm³/mol. The molecule has 1 N–H and O–H groups in total. The van der Waals surface area contributed by atoms with Crippen molar-refractivity contribution in [3.63, 3.8) is 0 Å². The molecule has 104 valence electrons. The highest BCUT2D eigenvalue weighted by Gasteiger charge is 2.37. The number of nitrogens with zero attached hydrogens (tertiary/aromatic N) is 1. The van der Waals surface area contributed by atoms with Crippen molar-refractivity contribution in [3.05, 3.63) is 0 Å². The highest BCUT2D eigenvalue weighted by atomic mass is 16.5. The van der Waals surface area contributed by atoms with Gasteiger partial charge in [0.1, 0.15) is 0 Å². The van der Waals surface area contributed by atoms with Gasteiger partial charge in [0.25, 0.3) is 0 Å². The van der Waals surface area contributed by atoms with Gasteiger partial charge in [-0.25, -0.2) is 0 Å². The van der Waals surface area contributed by atoms with Crippen molar-refractivity contribution >= 4 is 11.9 Å². The molecule has 1 rings (SSSR count). The van der Waals surface area contributed by atoms with Crippen molar-refractivity contribution in [1.29, 1.82) is 0 Å². The van der Waals surface area contributed by atoms with E-state index in [-0.39, 0.29) is 29.8 Å². The Kier molecular flexibility index (Phi) is 4.73. The van der Waals surface area contributed by atoms with Crippen LogP contribution in [0.5, 0.6) is 0 Å². The fourth-order valence-corrected chi connectivity index (χ4v) is 2.25. The van der Waals surface area contributed by atoms with E-state index in [2.05, 4.69) is 28.8 Å². The van der Waals surface area contributed by atoms with Crippen molar-refractivity contribution in [1.82, 2.24) is 10.2 Å². The quantitative estimate of drug-likeness (QED) is 0.758. The summed E-state index contributed by atoms with van der Waals surface area (Å²) in [6, 6.07) is -0.220. The number of methoxy groups -OCH3 is 1. The molecule has 1 unspecified atom stereocenters. The highest BCUT2D eigenvalue weighted by molar-refractivity contribution is 5.86. The summed E-state index contributed by atoms with van der Waals surface area (Å²) < 4.78 is 4.68. The number of amides is 1. The molecule has 0 bridgehead atoms. The molecule has 0 aromatic rings. The molecule has 1 atom stereocenters. The lowest BCUT2D eigenvalue weighted by molar-refractivity contribution is -0.145. The zero-order valence-corrected chi connectivity index (χ0v) is 11.9. The Labute approximate surface area is 109 Å². The van der Waals surface area contributed by atoms with Gasteiger partial charge >= 0.3 is 5.97 Å². The fraction of sp³-hybridized carbons (Fsp3) is 0.846. The third kappa shape index (κ3) is 3.70. The number of carbonyl (C=O) groups is 2. The smallest absolute Gasteiger partial charge is 0.307 e. The maximum Gasteiger partial charge on any atom is 0.307 e. The molecule has 18 heavy (non-hydrogen) atoms. The van der Waals surface area contributed by atoms with E-state index in [1.165, 1.54) is 7.11 Å². The Morgan fingerprint density at radius 3 is 2.67 bits per heavy atom. The average molecular weight is 256 g/mol. The lowest BCUT2D eigenvalue weighted by Gasteiger charge is -2.35. The van der Waals surface area contributed by atoms with Gasteiger partial charge < -0.3 is 10.1 Å². The largest absolute Gasteiger partial charge is 0.469 e. The van der Waals surface area contributed by atoms with Crippen LogP contribution in [0.25, 0.3) is 0 Å². The normalized spacial score (nSPS) is 24.6. The van der Waals surface area contributed by atoms with E-state index < -0.39 is 6.04 Å². The molecule has 1 saturated heterocycles. The third-order valence-electron chi connectivity index (χ3n) is 3.31.